The topological polar surface area (TPSA) is 82.7 Å². The standard InChI is InChI=1S/C23H22ClN5O3/c1-28-11-9-25-23(28)21(15-12-16(31-2)14-17(13-15)32-3)27-20(30)8-7-18-22(24)26-19-6-4-5-10-29(18)19/h4-14,21H,1-3H3,(H,27,30)/b8-7+. The van der Waals surface area contributed by atoms with Crippen molar-refractivity contribution < 1.29 is 14.3 Å². The normalized spacial score (nSPS) is 12.2. The van der Waals surface area contributed by atoms with Crippen molar-refractivity contribution in [1.29, 1.82) is 0 Å². The van der Waals surface area contributed by atoms with Gasteiger partial charge in [-0.05, 0) is 35.9 Å². The average Bonchev–Trinajstić information content (AvgIpc) is 3.37. The molecule has 9 heteroatoms. The van der Waals surface area contributed by atoms with Crippen LogP contribution in [-0.4, -0.2) is 39.1 Å². The van der Waals surface area contributed by atoms with Gasteiger partial charge < -0.3 is 19.4 Å². The monoisotopic (exact) mass is 451 g/mol. The molecule has 0 aliphatic heterocycles. The lowest BCUT2D eigenvalue weighted by molar-refractivity contribution is -0.117. The smallest absolute Gasteiger partial charge is 0.244 e. The molecule has 0 spiro atoms. The number of ether oxygens (including phenoxy) is 2. The van der Waals surface area contributed by atoms with Crippen molar-refractivity contribution in [2.24, 2.45) is 7.05 Å². The number of carbonyl (C=O) groups excluding carboxylic acids is 1. The average molecular weight is 452 g/mol. The van der Waals surface area contributed by atoms with E-state index in [0.29, 0.717) is 33.8 Å². The molecule has 0 radical (unpaired) electrons. The largest absolute Gasteiger partial charge is 0.497 e. The van der Waals surface area contributed by atoms with Crippen LogP contribution in [0.4, 0.5) is 0 Å². The fraction of sp³-hybridized carbons (Fsp3) is 0.174. The molecule has 0 saturated carbocycles. The molecule has 164 valence electrons. The first-order chi connectivity index (χ1) is 15.5. The number of aromatic nitrogens is 4. The Morgan fingerprint density at radius 3 is 2.56 bits per heavy atom. The van der Waals surface area contributed by atoms with Gasteiger partial charge in [-0.25, -0.2) is 9.97 Å². The zero-order valence-electron chi connectivity index (χ0n) is 17.8. The Hall–Kier alpha value is -3.78. The van der Waals surface area contributed by atoms with Crippen LogP contribution >= 0.6 is 11.6 Å². The molecule has 1 aromatic carbocycles. The van der Waals surface area contributed by atoms with Gasteiger partial charge >= 0.3 is 0 Å². The first kappa shape index (κ1) is 21.5. The van der Waals surface area contributed by atoms with Crippen LogP contribution in [0, 0.1) is 0 Å². The number of imidazole rings is 2. The number of pyridine rings is 1. The van der Waals surface area contributed by atoms with Crippen molar-refractivity contribution in [2.45, 2.75) is 6.04 Å². The first-order valence-electron chi connectivity index (χ1n) is 9.81. The number of amides is 1. The molecule has 8 nitrogen and oxygen atoms in total. The van der Waals surface area contributed by atoms with E-state index in [1.165, 1.54) is 6.08 Å². The van der Waals surface area contributed by atoms with Gasteiger partial charge in [-0.1, -0.05) is 17.7 Å². The summed E-state index contributed by atoms with van der Waals surface area (Å²) < 4.78 is 14.4. The van der Waals surface area contributed by atoms with Crippen LogP contribution in [0.1, 0.15) is 23.1 Å². The second kappa shape index (κ2) is 9.15. The maximum atomic E-state index is 12.9. The molecule has 0 fully saturated rings. The summed E-state index contributed by atoms with van der Waals surface area (Å²) in [5.74, 6) is 1.57. The Labute approximate surface area is 190 Å². The molecular weight excluding hydrogens is 430 g/mol. The van der Waals surface area contributed by atoms with Crippen LogP contribution in [0.5, 0.6) is 11.5 Å². The molecule has 4 rings (SSSR count). The Bertz CT molecular complexity index is 1270. The Morgan fingerprint density at radius 2 is 1.91 bits per heavy atom. The number of methoxy groups -OCH3 is 2. The molecule has 0 aliphatic carbocycles. The highest BCUT2D eigenvalue weighted by Gasteiger charge is 2.22. The van der Waals surface area contributed by atoms with E-state index in [-0.39, 0.29) is 5.91 Å². The number of nitrogens with one attached hydrogen (secondary N) is 1. The third kappa shape index (κ3) is 4.31. The number of fused-ring (bicyclic) bond motifs is 1. The van der Waals surface area contributed by atoms with Crippen molar-refractivity contribution in [1.82, 2.24) is 24.3 Å². The summed E-state index contributed by atoms with van der Waals surface area (Å²) in [5, 5.41) is 3.33. The second-order valence-electron chi connectivity index (χ2n) is 7.03. The SMILES string of the molecule is COc1cc(OC)cc(C(NC(=O)/C=C/c2c(Cl)nc3ccccn23)c2nccn2C)c1. The fourth-order valence-electron chi connectivity index (χ4n) is 3.43. The fourth-order valence-corrected chi connectivity index (χ4v) is 3.67. The summed E-state index contributed by atoms with van der Waals surface area (Å²) in [6.45, 7) is 0. The first-order valence-corrected chi connectivity index (χ1v) is 10.2. The molecule has 0 bridgehead atoms. The van der Waals surface area contributed by atoms with Crippen LogP contribution in [0.25, 0.3) is 11.7 Å². The summed E-state index contributed by atoms with van der Waals surface area (Å²) in [5.41, 5.74) is 2.09. The van der Waals surface area contributed by atoms with Crippen molar-refractivity contribution in [2.75, 3.05) is 14.2 Å². The van der Waals surface area contributed by atoms with Gasteiger partial charge in [-0.15, -0.1) is 0 Å². The predicted octanol–water partition coefficient (Wildman–Crippen LogP) is 3.66. The summed E-state index contributed by atoms with van der Waals surface area (Å²) in [4.78, 5) is 21.6. The lowest BCUT2D eigenvalue weighted by Gasteiger charge is -2.20. The molecule has 1 amide bonds. The number of benzene rings is 1. The summed E-state index contributed by atoms with van der Waals surface area (Å²) >= 11 is 6.27. The van der Waals surface area contributed by atoms with Crippen molar-refractivity contribution >= 4 is 29.2 Å². The third-order valence-electron chi connectivity index (χ3n) is 5.02. The van der Waals surface area contributed by atoms with E-state index in [2.05, 4.69) is 15.3 Å². The maximum absolute atomic E-state index is 12.9. The minimum Gasteiger partial charge on any atom is -0.497 e. The van der Waals surface area contributed by atoms with Crippen LogP contribution in [0.15, 0.2) is 61.1 Å². The molecule has 1 unspecified atom stereocenters. The molecule has 32 heavy (non-hydrogen) atoms. The minimum absolute atomic E-state index is 0.318. The summed E-state index contributed by atoms with van der Waals surface area (Å²) in [6.07, 6.45) is 8.40. The van der Waals surface area contributed by atoms with E-state index in [0.717, 1.165) is 5.56 Å². The Balaban J connectivity index is 1.66. The van der Waals surface area contributed by atoms with Crippen LogP contribution in [0.3, 0.4) is 0 Å². The van der Waals surface area contributed by atoms with Crippen LogP contribution < -0.4 is 14.8 Å². The van der Waals surface area contributed by atoms with Gasteiger partial charge in [-0.2, -0.15) is 0 Å². The van der Waals surface area contributed by atoms with Crippen molar-refractivity contribution in [3.05, 3.63) is 83.3 Å². The number of hydrogen-bond donors (Lipinski definition) is 1. The highest BCUT2D eigenvalue weighted by atomic mass is 35.5. The zero-order valence-corrected chi connectivity index (χ0v) is 18.6. The lowest BCUT2D eigenvalue weighted by Crippen LogP contribution is -2.29. The van der Waals surface area contributed by atoms with Crippen molar-refractivity contribution in [3.63, 3.8) is 0 Å². The maximum Gasteiger partial charge on any atom is 0.244 e. The summed E-state index contributed by atoms with van der Waals surface area (Å²) in [6, 6.07) is 10.5. The van der Waals surface area contributed by atoms with E-state index in [1.807, 2.05) is 58.7 Å². The minimum atomic E-state index is -0.534. The van der Waals surface area contributed by atoms with E-state index < -0.39 is 6.04 Å². The van der Waals surface area contributed by atoms with Gasteiger partial charge in [0.25, 0.3) is 0 Å². The molecule has 1 N–H and O–H groups in total. The molecule has 4 aromatic rings. The molecule has 3 heterocycles. The Morgan fingerprint density at radius 1 is 1.16 bits per heavy atom. The van der Waals surface area contributed by atoms with Gasteiger partial charge in [-0.3, -0.25) is 9.20 Å². The highest BCUT2D eigenvalue weighted by Crippen LogP contribution is 2.29. The van der Waals surface area contributed by atoms with Crippen LogP contribution in [-0.2, 0) is 11.8 Å². The number of carbonyl (C=O) groups is 1. The van der Waals surface area contributed by atoms with Gasteiger partial charge in [0.1, 0.15) is 29.0 Å². The van der Waals surface area contributed by atoms with Gasteiger partial charge in [0, 0.05) is 37.8 Å². The van der Waals surface area contributed by atoms with E-state index >= 15 is 0 Å². The number of hydrogen-bond acceptors (Lipinski definition) is 5. The molecule has 0 aliphatic rings. The second-order valence-corrected chi connectivity index (χ2v) is 7.39. The van der Waals surface area contributed by atoms with Gasteiger partial charge in [0.05, 0.1) is 19.9 Å². The number of nitrogens with zero attached hydrogens (tertiary/aromatic N) is 4. The predicted molar refractivity (Wildman–Crippen MR) is 122 cm³/mol. The Kier molecular flexibility index (Phi) is 6.13. The van der Waals surface area contributed by atoms with Gasteiger partial charge in [0.15, 0.2) is 5.15 Å². The van der Waals surface area contributed by atoms with E-state index in [9.17, 15) is 4.79 Å². The van der Waals surface area contributed by atoms with Crippen molar-refractivity contribution in [3.8, 4) is 11.5 Å². The zero-order chi connectivity index (χ0) is 22.7. The number of aryl methyl sites for hydroxylation is 1. The van der Waals surface area contributed by atoms with Gasteiger partial charge in [0.2, 0.25) is 5.91 Å². The lowest BCUT2D eigenvalue weighted by atomic mass is 10.0. The number of rotatable bonds is 7. The third-order valence-corrected chi connectivity index (χ3v) is 5.30. The molecule has 3 aromatic heterocycles. The quantitative estimate of drug-likeness (QED) is 0.433. The molecular formula is C23H22ClN5O3. The van der Waals surface area contributed by atoms with Crippen LogP contribution in [0.2, 0.25) is 5.15 Å². The van der Waals surface area contributed by atoms with E-state index in [4.69, 9.17) is 21.1 Å². The highest BCUT2D eigenvalue weighted by molar-refractivity contribution is 6.31. The molecule has 0 saturated heterocycles. The number of halogens is 1. The summed E-state index contributed by atoms with van der Waals surface area (Å²) in [7, 11) is 5.03. The van der Waals surface area contributed by atoms with E-state index in [1.54, 1.807) is 32.6 Å². The molecule has 1 atom stereocenters.